The van der Waals surface area contributed by atoms with E-state index in [0.717, 1.165) is 24.6 Å². The van der Waals surface area contributed by atoms with E-state index >= 15 is 0 Å². The van der Waals surface area contributed by atoms with E-state index in [1.807, 2.05) is 0 Å². The lowest BCUT2D eigenvalue weighted by molar-refractivity contribution is 0.553. The van der Waals surface area contributed by atoms with Crippen LogP contribution in [0.5, 0.6) is 0 Å². The molecule has 21 heavy (non-hydrogen) atoms. The normalized spacial score (nSPS) is 11.8. The van der Waals surface area contributed by atoms with Crippen LogP contribution in [-0.4, -0.2) is 23.6 Å². The summed E-state index contributed by atoms with van der Waals surface area (Å²) in [5.41, 5.74) is 3.77. The van der Waals surface area contributed by atoms with Gasteiger partial charge >= 0.3 is 0 Å². The molecule has 120 valence electrons. The lowest BCUT2D eigenvalue weighted by Gasteiger charge is -2.32. The summed E-state index contributed by atoms with van der Waals surface area (Å²) >= 11 is 0. The number of aryl methyl sites for hydroxylation is 2. The molecule has 0 aromatic carbocycles. The van der Waals surface area contributed by atoms with Crippen LogP contribution in [0.15, 0.2) is 6.07 Å². The van der Waals surface area contributed by atoms with Crippen molar-refractivity contribution in [1.82, 2.24) is 10.3 Å². The van der Waals surface area contributed by atoms with Crippen LogP contribution in [0, 0.1) is 19.8 Å². The average Bonchev–Trinajstić information content (AvgIpc) is 2.33. The lowest BCUT2D eigenvalue weighted by Crippen LogP contribution is -2.36. The zero-order valence-electron chi connectivity index (χ0n) is 15.1. The SMILES string of the molecule is Cc1cc(C)c(CNC(C)C)c(N(CC(C)C)C(C)C)n1. The molecule has 0 aliphatic carbocycles. The summed E-state index contributed by atoms with van der Waals surface area (Å²) < 4.78 is 0. The number of aromatic nitrogens is 1. The van der Waals surface area contributed by atoms with E-state index in [-0.39, 0.29) is 0 Å². The minimum Gasteiger partial charge on any atom is -0.354 e. The highest BCUT2D eigenvalue weighted by atomic mass is 15.2. The van der Waals surface area contributed by atoms with Gasteiger partial charge in [0.15, 0.2) is 0 Å². The van der Waals surface area contributed by atoms with Crippen molar-refractivity contribution in [1.29, 1.82) is 0 Å². The second-order valence-corrected chi connectivity index (χ2v) is 7.06. The van der Waals surface area contributed by atoms with Gasteiger partial charge in [-0.15, -0.1) is 0 Å². The molecule has 0 radical (unpaired) electrons. The van der Waals surface area contributed by atoms with Crippen molar-refractivity contribution in [3.8, 4) is 0 Å². The highest BCUT2D eigenvalue weighted by Gasteiger charge is 2.19. The molecule has 1 aromatic heterocycles. The molecule has 0 atom stereocenters. The summed E-state index contributed by atoms with van der Waals surface area (Å²) in [5, 5.41) is 3.54. The molecule has 1 rings (SSSR count). The molecule has 0 unspecified atom stereocenters. The average molecular weight is 291 g/mol. The Kier molecular flexibility index (Phi) is 6.66. The lowest BCUT2D eigenvalue weighted by atomic mass is 10.1. The van der Waals surface area contributed by atoms with Crippen LogP contribution in [0.2, 0.25) is 0 Å². The van der Waals surface area contributed by atoms with Gasteiger partial charge in [-0.2, -0.15) is 0 Å². The van der Waals surface area contributed by atoms with Crippen molar-refractivity contribution in [3.05, 3.63) is 22.9 Å². The van der Waals surface area contributed by atoms with Gasteiger partial charge < -0.3 is 10.2 Å². The van der Waals surface area contributed by atoms with Crippen molar-refractivity contribution in [2.45, 2.75) is 74.0 Å². The van der Waals surface area contributed by atoms with E-state index in [4.69, 9.17) is 4.98 Å². The number of anilines is 1. The zero-order valence-corrected chi connectivity index (χ0v) is 15.1. The number of hydrogen-bond acceptors (Lipinski definition) is 3. The van der Waals surface area contributed by atoms with Gasteiger partial charge in [-0.25, -0.2) is 4.98 Å². The number of nitrogens with one attached hydrogen (secondary N) is 1. The van der Waals surface area contributed by atoms with Crippen LogP contribution < -0.4 is 10.2 Å². The van der Waals surface area contributed by atoms with Crippen molar-refractivity contribution in [3.63, 3.8) is 0 Å². The Labute approximate surface area is 131 Å². The van der Waals surface area contributed by atoms with Gasteiger partial charge in [0.2, 0.25) is 0 Å². The molecule has 0 spiro atoms. The van der Waals surface area contributed by atoms with E-state index in [0.29, 0.717) is 18.0 Å². The third-order valence-corrected chi connectivity index (χ3v) is 3.60. The van der Waals surface area contributed by atoms with E-state index in [2.05, 4.69) is 71.7 Å². The van der Waals surface area contributed by atoms with Crippen molar-refractivity contribution < 1.29 is 0 Å². The minimum absolute atomic E-state index is 0.457. The van der Waals surface area contributed by atoms with Gasteiger partial charge in [-0.05, 0) is 45.2 Å². The van der Waals surface area contributed by atoms with Gasteiger partial charge in [-0.3, -0.25) is 0 Å². The standard InChI is InChI=1S/C18H33N3/c1-12(2)11-21(14(5)6)18-17(10-19-13(3)4)15(7)9-16(8)20-18/h9,12-14,19H,10-11H2,1-8H3. The monoisotopic (exact) mass is 291 g/mol. The molecule has 1 heterocycles. The number of pyridine rings is 1. The predicted octanol–water partition coefficient (Wildman–Crippen LogP) is 4.07. The first-order chi connectivity index (χ1) is 9.72. The number of hydrogen-bond donors (Lipinski definition) is 1. The summed E-state index contributed by atoms with van der Waals surface area (Å²) in [6.07, 6.45) is 0. The summed E-state index contributed by atoms with van der Waals surface area (Å²) in [7, 11) is 0. The fourth-order valence-electron chi connectivity index (χ4n) is 2.54. The van der Waals surface area contributed by atoms with Crippen LogP contribution in [0.25, 0.3) is 0 Å². The summed E-state index contributed by atoms with van der Waals surface area (Å²) in [6, 6.07) is 3.13. The van der Waals surface area contributed by atoms with Crippen LogP contribution in [0.3, 0.4) is 0 Å². The first-order valence-electron chi connectivity index (χ1n) is 8.19. The van der Waals surface area contributed by atoms with E-state index < -0.39 is 0 Å². The molecule has 0 bridgehead atoms. The summed E-state index contributed by atoms with van der Waals surface area (Å²) in [4.78, 5) is 7.32. The molecule has 3 heteroatoms. The molecular formula is C18H33N3. The van der Waals surface area contributed by atoms with Gasteiger partial charge in [0.1, 0.15) is 5.82 Å². The Balaban J connectivity index is 3.22. The number of nitrogens with zero attached hydrogens (tertiary/aromatic N) is 2. The fourth-order valence-corrected chi connectivity index (χ4v) is 2.54. The molecule has 0 fully saturated rings. The van der Waals surface area contributed by atoms with Gasteiger partial charge in [0.05, 0.1) is 0 Å². The van der Waals surface area contributed by atoms with Crippen LogP contribution in [0.1, 0.15) is 58.4 Å². The van der Waals surface area contributed by atoms with Crippen LogP contribution in [-0.2, 0) is 6.54 Å². The molecule has 1 aromatic rings. The van der Waals surface area contributed by atoms with Crippen LogP contribution in [0.4, 0.5) is 5.82 Å². The Morgan fingerprint density at radius 1 is 1.10 bits per heavy atom. The Morgan fingerprint density at radius 2 is 1.71 bits per heavy atom. The first kappa shape index (κ1) is 18.0. The Hall–Kier alpha value is -1.09. The molecule has 0 aliphatic heterocycles. The maximum Gasteiger partial charge on any atom is 0.133 e. The fraction of sp³-hybridized carbons (Fsp3) is 0.722. The van der Waals surface area contributed by atoms with E-state index in [9.17, 15) is 0 Å². The molecule has 1 N–H and O–H groups in total. The third kappa shape index (κ3) is 5.31. The number of rotatable bonds is 7. The molecule has 3 nitrogen and oxygen atoms in total. The Bertz CT molecular complexity index is 450. The predicted molar refractivity (Wildman–Crippen MR) is 93.0 cm³/mol. The van der Waals surface area contributed by atoms with E-state index in [1.54, 1.807) is 0 Å². The highest BCUT2D eigenvalue weighted by Crippen LogP contribution is 2.25. The molecular weight excluding hydrogens is 258 g/mol. The van der Waals surface area contributed by atoms with Crippen molar-refractivity contribution in [2.75, 3.05) is 11.4 Å². The van der Waals surface area contributed by atoms with Gasteiger partial charge in [-0.1, -0.05) is 27.7 Å². The molecule has 0 saturated carbocycles. The largest absolute Gasteiger partial charge is 0.354 e. The highest BCUT2D eigenvalue weighted by molar-refractivity contribution is 5.52. The van der Waals surface area contributed by atoms with Crippen molar-refractivity contribution >= 4 is 5.82 Å². The molecule has 0 amide bonds. The van der Waals surface area contributed by atoms with Crippen LogP contribution >= 0.6 is 0 Å². The van der Waals surface area contributed by atoms with Gasteiger partial charge in [0, 0.05) is 36.4 Å². The maximum absolute atomic E-state index is 4.87. The second kappa shape index (κ2) is 7.79. The summed E-state index contributed by atoms with van der Waals surface area (Å²) in [5.74, 6) is 1.78. The minimum atomic E-state index is 0.457. The summed E-state index contributed by atoms with van der Waals surface area (Å²) in [6.45, 7) is 19.6. The van der Waals surface area contributed by atoms with E-state index in [1.165, 1.54) is 11.1 Å². The quantitative estimate of drug-likeness (QED) is 0.821. The Morgan fingerprint density at radius 3 is 2.19 bits per heavy atom. The topological polar surface area (TPSA) is 28.2 Å². The third-order valence-electron chi connectivity index (χ3n) is 3.60. The molecule has 0 aliphatic rings. The second-order valence-electron chi connectivity index (χ2n) is 7.06. The smallest absolute Gasteiger partial charge is 0.133 e. The maximum atomic E-state index is 4.87. The first-order valence-corrected chi connectivity index (χ1v) is 8.19. The van der Waals surface area contributed by atoms with Gasteiger partial charge in [0.25, 0.3) is 0 Å². The molecule has 0 saturated heterocycles. The van der Waals surface area contributed by atoms with Crippen molar-refractivity contribution in [2.24, 2.45) is 5.92 Å². The zero-order chi connectivity index (χ0) is 16.2.